The van der Waals surface area contributed by atoms with Gasteiger partial charge in [0.2, 0.25) is 0 Å². The Morgan fingerprint density at radius 1 is 1.41 bits per heavy atom. The number of nitrogens with zero attached hydrogens (tertiary/aromatic N) is 2. The summed E-state index contributed by atoms with van der Waals surface area (Å²) in [7, 11) is 2.16. The van der Waals surface area contributed by atoms with E-state index in [9.17, 15) is 0 Å². The van der Waals surface area contributed by atoms with Gasteiger partial charge < -0.3 is 10.6 Å². The summed E-state index contributed by atoms with van der Waals surface area (Å²) in [4.78, 5) is 6.46. The molecule has 0 amide bonds. The molecule has 1 rings (SSSR count). The van der Waals surface area contributed by atoms with Crippen molar-refractivity contribution >= 4 is 0 Å². The first-order valence-electron chi connectivity index (χ1n) is 6.31. The molecule has 0 aliphatic heterocycles. The average Bonchev–Trinajstić information content (AvgIpc) is 2.30. The maximum absolute atomic E-state index is 5.72. The molecule has 0 aliphatic rings. The standard InChI is InChI=1S/C14H25N3/c1-14(2,12-15)7-5-9-17(3)11-13-6-4-8-16-10-13/h4,6,8,10H,5,7,9,11-12,15H2,1-3H3. The van der Waals surface area contributed by atoms with Gasteiger partial charge in [-0.1, -0.05) is 19.9 Å². The van der Waals surface area contributed by atoms with Crippen LogP contribution in [0.1, 0.15) is 32.3 Å². The molecule has 1 heterocycles. The van der Waals surface area contributed by atoms with Crippen LogP contribution in [-0.4, -0.2) is 30.0 Å². The summed E-state index contributed by atoms with van der Waals surface area (Å²) >= 11 is 0. The van der Waals surface area contributed by atoms with Crippen LogP contribution in [0.25, 0.3) is 0 Å². The summed E-state index contributed by atoms with van der Waals surface area (Å²) in [6.45, 7) is 7.30. The fraction of sp³-hybridized carbons (Fsp3) is 0.643. The fourth-order valence-electron chi connectivity index (χ4n) is 1.81. The first-order valence-corrected chi connectivity index (χ1v) is 6.31. The van der Waals surface area contributed by atoms with Gasteiger partial charge in [0.05, 0.1) is 0 Å². The Labute approximate surface area is 105 Å². The van der Waals surface area contributed by atoms with Crippen LogP contribution in [0.5, 0.6) is 0 Å². The Bertz CT molecular complexity index is 309. The number of pyridine rings is 1. The van der Waals surface area contributed by atoms with Crippen LogP contribution in [0.4, 0.5) is 0 Å². The summed E-state index contributed by atoms with van der Waals surface area (Å²) in [5, 5.41) is 0. The molecule has 1 aromatic rings. The summed E-state index contributed by atoms with van der Waals surface area (Å²) in [5.41, 5.74) is 7.27. The van der Waals surface area contributed by atoms with Crippen LogP contribution in [0.2, 0.25) is 0 Å². The Morgan fingerprint density at radius 2 is 2.18 bits per heavy atom. The van der Waals surface area contributed by atoms with E-state index >= 15 is 0 Å². The van der Waals surface area contributed by atoms with Crippen molar-refractivity contribution in [3.05, 3.63) is 30.1 Å². The number of nitrogens with two attached hydrogens (primary N) is 1. The first-order chi connectivity index (χ1) is 8.03. The highest BCUT2D eigenvalue weighted by Crippen LogP contribution is 2.20. The molecule has 0 atom stereocenters. The third-order valence-electron chi connectivity index (χ3n) is 3.12. The van der Waals surface area contributed by atoms with Gasteiger partial charge in [0.15, 0.2) is 0 Å². The summed E-state index contributed by atoms with van der Waals surface area (Å²) < 4.78 is 0. The third kappa shape index (κ3) is 5.80. The molecule has 0 bridgehead atoms. The molecular formula is C14H25N3. The molecule has 0 fully saturated rings. The normalized spacial score (nSPS) is 12.1. The molecule has 0 aromatic carbocycles. The maximum Gasteiger partial charge on any atom is 0.0312 e. The highest BCUT2D eigenvalue weighted by molar-refractivity contribution is 5.07. The minimum atomic E-state index is 0.273. The van der Waals surface area contributed by atoms with Gasteiger partial charge in [-0.05, 0) is 50.0 Å². The second kappa shape index (κ2) is 6.72. The molecule has 2 N–H and O–H groups in total. The zero-order valence-electron chi connectivity index (χ0n) is 11.3. The van der Waals surface area contributed by atoms with Crippen LogP contribution in [0, 0.1) is 5.41 Å². The molecule has 0 unspecified atom stereocenters. The molecule has 0 saturated heterocycles. The van der Waals surface area contributed by atoms with Crippen molar-refractivity contribution in [1.82, 2.24) is 9.88 Å². The second-order valence-corrected chi connectivity index (χ2v) is 5.57. The Kier molecular flexibility index (Phi) is 5.59. The first kappa shape index (κ1) is 14.1. The van der Waals surface area contributed by atoms with Crippen molar-refractivity contribution in [2.24, 2.45) is 11.1 Å². The Hall–Kier alpha value is -0.930. The smallest absolute Gasteiger partial charge is 0.0312 e. The molecule has 0 saturated carbocycles. The van der Waals surface area contributed by atoms with Gasteiger partial charge in [0.1, 0.15) is 0 Å². The zero-order chi connectivity index (χ0) is 12.7. The number of rotatable bonds is 7. The SMILES string of the molecule is CN(CCCC(C)(C)CN)Cc1cccnc1. The number of hydrogen-bond acceptors (Lipinski definition) is 3. The zero-order valence-corrected chi connectivity index (χ0v) is 11.3. The van der Waals surface area contributed by atoms with Crippen molar-refractivity contribution in [2.75, 3.05) is 20.1 Å². The highest BCUT2D eigenvalue weighted by Gasteiger charge is 2.14. The van der Waals surface area contributed by atoms with Crippen LogP contribution in [0.3, 0.4) is 0 Å². The van der Waals surface area contributed by atoms with E-state index in [0.29, 0.717) is 0 Å². The molecule has 0 spiro atoms. The van der Waals surface area contributed by atoms with Crippen molar-refractivity contribution < 1.29 is 0 Å². The van der Waals surface area contributed by atoms with Crippen LogP contribution < -0.4 is 5.73 Å². The summed E-state index contributed by atoms with van der Waals surface area (Å²) in [5.74, 6) is 0. The maximum atomic E-state index is 5.72. The molecule has 1 aromatic heterocycles. The average molecular weight is 235 g/mol. The largest absolute Gasteiger partial charge is 0.330 e. The van der Waals surface area contributed by atoms with E-state index in [0.717, 1.165) is 19.6 Å². The quantitative estimate of drug-likeness (QED) is 0.788. The van der Waals surface area contributed by atoms with E-state index in [1.807, 2.05) is 18.5 Å². The van der Waals surface area contributed by atoms with Crippen LogP contribution in [0.15, 0.2) is 24.5 Å². The fourth-order valence-corrected chi connectivity index (χ4v) is 1.81. The van der Waals surface area contributed by atoms with Gasteiger partial charge in [-0.15, -0.1) is 0 Å². The molecule has 0 radical (unpaired) electrons. The lowest BCUT2D eigenvalue weighted by atomic mass is 9.88. The van der Waals surface area contributed by atoms with Gasteiger partial charge in [-0.2, -0.15) is 0 Å². The summed E-state index contributed by atoms with van der Waals surface area (Å²) in [6, 6.07) is 4.11. The molecule has 96 valence electrons. The molecule has 3 nitrogen and oxygen atoms in total. The van der Waals surface area contributed by atoms with Crippen LogP contribution in [-0.2, 0) is 6.54 Å². The van der Waals surface area contributed by atoms with E-state index in [4.69, 9.17) is 5.73 Å². The van der Waals surface area contributed by atoms with Crippen LogP contribution >= 0.6 is 0 Å². The van der Waals surface area contributed by atoms with E-state index in [-0.39, 0.29) is 5.41 Å². The van der Waals surface area contributed by atoms with Crippen molar-refractivity contribution in [3.8, 4) is 0 Å². The van der Waals surface area contributed by atoms with Crippen molar-refractivity contribution in [1.29, 1.82) is 0 Å². The van der Waals surface area contributed by atoms with Gasteiger partial charge in [0, 0.05) is 18.9 Å². The van der Waals surface area contributed by atoms with E-state index < -0.39 is 0 Å². The molecular weight excluding hydrogens is 210 g/mol. The van der Waals surface area contributed by atoms with E-state index in [2.05, 4.69) is 36.8 Å². The predicted octanol–water partition coefficient (Wildman–Crippen LogP) is 2.28. The highest BCUT2D eigenvalue weighted by atomic mass is 15.1. The van der Waals surface area contributed by atoms with E-state index in [1.165, 1.54) is 18.4 Å². The second-order valence-electron chi connectivity index (χ2n) is 5.57. The lowest BCUT2D eigenvalue weighted by Gasteiger charge is -2.24. The summed E-state index contributed by atoms with van der Waals surface area (Å²) in [6.07, 6.45) is 6.12. The minimum Gasteiger partial charge on any atom is -0.330 e. The van der Waals surface area contributed by atoms with Crippen molar-refractivity contribution in [2.45, 2.75) is 33.2 Å². The predicted molar refractivity (Wildman–Crippen MR) is 72.6 cm³/mol. The van der Waals surface area contributed by atoms with E-state index in [1.54, 1.807) is 0 Å². The third-order valence-corrected chi connectivity index (χ3v) is 3.12. The Balaban J connectivity index is 2.24. The lowest BCUT2D eigenvalue weighted by Crippen LogP contribution is -2.26. The molecule has 3 heteroatoms. The topological polar surface area (TPSA) is 42.1 Å². The van der Waals surface area contributed by atoms with Crippen molar-refractivity contribution in [3.63, 3.8) is 0 Å². The Morgan fingerprint density at radius 3 is 2.76 bits per heavy atom. The monoisotopic (exact) mass is 235 g/mol. The van der Waals surface area contributed by atoms with Gasteiger partial charge in [-0.3, -0.25) is 4.98 Å². The van der Waals surface area contributed by atoms with Gasteiger partial charge >= 0.3 is 0 Å². The minimum absolute atomic E-state index is 0.273. The number of hydrogen-bond donors (Lipinski definition) is 1. The molecule has 0 aliphatic carbocycles. The van der Waals surface area contributed by atoms with Gasteiger partial charge in [0.25, 0.3) is 0 Å². The number of aromatic nitrogens is 1. The van der Waals surface area contributed by atoms with Gasteiger partial charge in [-0.25, -0.2) is 0 Å². The molecule has 17 heavy (non-hydrogen) atoms. The lowest BCUT2D eigenvalue weighted by molar-refractivity contribution is 0.273.